The van der Waals surface area contributed by atoms with E-state index in [1.807, 2.05) is 6.92 Å². The van der Waals surface area contributed by atoms with E-state index in [-0.39, 0.29) is 11.8 Å². The molecule has 1 aromatic carbocycles. The van der Waals surface area contributed by atoms with Crippen molar-refractivity contribution in [3.8, 4) is 11.5 Å². The lowest BCUT2D eigenvalue weighted by molar-refractivity contribution is -0.124. The fraction of sp³-hybridized carbons (Fsp3) is 0.467. The first-order valence-corrected chi connectivity index (χ1v) is 6.88. The minimum absolute atomic E-state index is 0.138. The van der Waals surface area contributed by atoms with Gasteiger partial charge in [0.1, 0.15) is 17.5 Å². The fourth-order valence-corrected chi connectivity index (χ4v) is 2.37. The summed E-state index contributed by atoms with van der Waals surface area (Å²) < 4.78 is 10.5. The third-order valence-electron chi connectivity index (χ3n) is 3.61. The number of hydrogen-bond acceptors (Lipinski definition) is 4. The highest BCUT2D eigenvalue weighted by atomic mass is 16.5. The van der Waals surface area contributed by atoms with Crippen molar-refractivity contribution in [1.82, 2.24) is 10.6 Å². The molecule has 1 fully saturated rings. The minimum Gasteiger partial charge on any atom is -0.496 e. The molecule has 2 N–H and O–H groups in total. The maximum Gasteiger partial charge on any atom is 0.252 e. The second-order valence-corrected chi connectivity index (χ2v) is 4.97. The Bertz CT molecular complexity index is 532. The van der Waals surface area contributed by atoms with Crippen molar-refractivity contribution in [1.29, 1.82) is 0 Å². The van der Waals surface area contributed by atoms with Crippen molar-refractivity contribution in [3.05, 3.63) is 23.3 Å². The number of rotatable bonds is 4. The number of hydrogen-bond donors (Lipinski definition) is 2. The van der Waals surface area contributed by atoms with Crippen LogP contribution >= 0.6 is 0 Å². The van der Waals surface area contributed by atoms with Crippen molar-refractivity contribution < 1.29 is 19.1 Å². The van der Waals surface area contributed by atoms with Crippen LogP contribution in [0.15, 0.2) is 12.1 Å². The molecule has 0 saturated carbocycles. The van der Waals surface area contributed by atoms with Gasteiger partial charge in [0.25, 0.3) is 5.91 Å². The van der Waals surface area contributed by atoms with Crippen LogP contribution in [-0.4, -0.2) is 38.6 Å². The number of benzene rings is 1. The molecule has 2 amide bonds. The Morgan fingerprint density at radius 3 is 2.43 bits per heavy atom. The predicted molar refractivity (Wildman–Crippen MR) is 77.8 cm³/mol. The third-order valence-corrected chi connectivity index (χ3v) is 3.61. The predicted octanol–water partition coefficient (Wildman–Crippen LogP) is 1.02. The summed E-state index contributed by atoms with van der Waals surface area (Å²) in [6.07, 6.45) is 1.51. The highest BCUT2D eigenvalue weighted by Crippen LogP contribution is 2.29. The number of carbonyl (C=O) groups is 2. The summed E-state index contributed by atoms with van der Waals surface area (Å²) in [7, 11) is 3.08. The quantitative estimate of drug-likeness (QED) is 0.868. The Morgan fingerprint density at radius 2 is 1.90 bits per heavy atom. The SMILES string of the molecule is COc1cc(C(=O)NC2CCCNC2=O)cc(OC)c1C. The zero-order valence-electron chi connectivity index (χ0n) is 12.5. The van der Waals surface area contributed by atoms with Gasteiger partial charge in [-0.1, -0.05) is 0 Å². The maximum absolute atomic E-state index is 12.3. The van der Waals surface area contributed by atoms with Crippen LogP contribution < -0.4 is 20.1 Å². The molecule has 1 saturated heterocycles. The van der Waals surface area contributed by atoms with Gasteiger partial charge in [0.2, 0.25) is 5.91 Å². The summed E-state index contributed by atoms with van der Waals surface area (Å²) in [6, 6.07) is 2.81. The summed E-state index contributed by atoms with van der Waals surface area (Å²) in [4.78, 5) is 24.0. The second-order valence-electron chi connectivity index (χ2n) is 4.97. The molecule has 6 heteroatoms. The summed E-state index contributed by atoms with van der Waals surface area (Å²) in [6.45, 7) is 2.52. The van der Waals surface area contributed by atoms with Gasteiger partial charge < -0.3 is 20.1 Å². The van der Waals surface area contributed by atoms with Gasteiger partial charge in [-0.15, -0.1) is 0 Å². The van der Waals surface area contributed by atoms with E-state index in [0.717, 1.165) is 12.0 Å². The van der Waals surface area contributed by atoms with E-state index in [2.05, 4.69) is 10.6 Å². The van der Waals surface area contributed by atoms with Crippen molar-refractivity contribution in [2.75, 3.05) is 20.8 Å². The van der Waals surface area contributed by atoms with E-state index in [0.29, 0.717) is 30.0 Å². The van der Waals surface area contributed by atoms with Crippen LogP contribution in [0.3, 0.4) is 0 Å². The highest BCUT2D eigenvalue weighted by Gasteiger charge is 2.24. The number of ether oxygens (including phenoxy) is 2. The van der Waals surface area contributed by atoms with Gasteiger partial charge in [0.05, 0.1) is 14.2 Å². The largest absolute Gasteiger partial charge is 0.496 e. The molecule has 6 nitrogen and oxygen atoms in total. The smallest absolute Gasteiger partial charge is 0.252 e. The summed E-state index contributed by atoms with van der Waals surface area (Å²) in [5.41, 5.74) is 1.24. The molecule has 2 rings (SSSR count). The van der Waals surface area contributed by atoms with E-state index >= 15 is 0 Å². The Hall–Kier alpha value is -2.24. The lowest BCUT2D eigenvalue weighted by Gasteiger charge is -2.23. The molecule has 1 aromatic rings. The van der Waals surface area contributed by atoms with Gasteiger partial charge in [0, 0.05) is 17.7 Å². The van der Waals surface area contributed by atoms with Gasteiger partial charge in [0.15, 0.2) is 0 Å². The highest BCUT2D eigenvalue weighted by molar-refractivity contribution is 5.98. The fourth-order valence-electron chi connectivity index (χ4n) is 2.37. The molecule has 1 atom stereocenters. The van der Waals surface area contributed by atoms with Crippen LogP contribution in [0.25, 0.3) is 0 Å². The van der Waals surface area contributed by atoms with E-state index < -0.39 is 6.04 Å². The zero-order chi connectivity index (χ0) is 15.4. The lowest BCUT2D eigenvalue weighted by atomic mass is 10.0. The summed E-state index contributed by atoms with van der Waals surface area (Å²) >= 11 is 0. The molecule has 0 radical (unpaired) electrons. The van der Waals surface area contributed by atoms with E-state index in [9.17, 15) is 9.59 Å². The first-order chi connectivity index (χ1) is 10.1. The molecule has 1 aliphatic heterocycles. The maximum atomic E-state index is 12.3. The van der Waals surface area contributed by atoms with Crippen molar-refractivity contribution in [2.45, 2.75) is 25.8 Å². The summed E-state index contributed by atoms with van der Waals surface area (Å²) in [5.74, 6) is 0.703. The standard InChI is InChI=1S/C15H20N2O4/c1-9-12(20-2)7-10(8-13(9)21-3)14(18)17-11-5-4-6-16-15(11)19/h7-8,11H,4-6H2,1-3H3,(H,16,19)(H,17,18). The van der Waals surface area contributed by atoms with Gasteiger partial charge >= 0.3 is 0 Å². The number of carbonyl (C=O) groups excluding carboxylic acids is 2. The Kier molecular flexibility index (Phi) is 4.67. The average Bonchev–Trinajstić information content (AvgIpc) is 2.49. The lowest BCUT2D eigenvalue weighted by Crippen LogP contribution is -2.50. The van der Waals surface area contributed by atoms with Crippen molar-refractivity contribution >= 4 is 11.8 Å². The first-order valence-electron chi connectivity index (χ1n) is 6.88. The number of nitrogens with one attached hydrogen (secondary N) is 2. The monoisotopic (exact) mass is 292 g/mol. The van der Waals surface area contributed by atoms with Gasteiger partial charge in [-0.3, -0.25) is 9.59 Å². The molecular weight excluding hydrogens is 272 g/mol. The van der Waals surface area contributed by atoms with E-state index in [4.69, 9.17) is 9.47 Å². The molecule has 0 aromatic heterocycles. The van der Waals surface area contributed by atoms with Crippen LogP contribution in [0.5, 0.6) is 11.5 Å². The molecule has 114 valence electrons. The minimum atomic E-state index is -0.482. The molecule has 1 aliphatic rings. The van der Waals surface area contributed by atoms with Gasteiger partial charge in [-0.25, -0.2) is 0 Å². The van der Waals surface area contributed by atoms with Crippen molar-refractivity contribution in [2.24, 2.45) is 0 Å². The van der Waals surface area contributed by atoms with Crippen LogP contribution in [0.4, 0.5) is 0 Å². The van der Waals surface area contributed by atoms with Gasteiger partial charge in [-0.2, -0.15) is 0 Å². The van der Waals surface area contributed by atoms with E-state index in [1.165, 1.54) is 14.2 Å². The van der Waals surface area contributed by atoms with Crippen LogP contribution in [0, 0.1) is 6.92 Å². The topological polar surface area (TPSA) is 76.7 Å². The Labute approximate surface area is 123 Å². The third kappa shape index (κ3) is 3.26. The van der Waals surface area contributed by atoms with Gasteiger partial charge in [-0.05, 0) is 31.9 Å². The molecule has 1 heterocycles. The Balaban J connectivity index is 2.20. The zero-order valence-corrected chi connectivity index (χ0v) is 12.5. The molecule has 1 unspecified atom stereocenters. The Morgan fingerprint density at radius 1 is 1.29 bits per heavy atom. The molecule has 21 heavy (non-hydrogen) atoms. The van der Waals surface area contributed by atoms with E-state index in [1.54, 1.807) is 12.1 Å². The normalized spacial score (nSPS) is 17.9. The number of amides is 2. The molecule has 0 aliphatic carbocycles. The van der Waals surface area contributed by atoms with Crippen molar-refractivity contribution in [3.63, 3.8) is 0 Å². The van der Waals surface area contributed by atoms with Crippen LogP contribution in [0.2, 0.25) is 0 Å². The summed E-state index contributed by atoms with van der Waals surface area (Å²) in [5, 5.41) is 5.49. The molecule has 0 bridgehead atoms. The molecule has 0 spiro atoms. The second kappa shape index (κ2) is 6.47. The average molecular weight is 292 g/mol. The molecular formula is C15H20N2O4. The van der Waals surface area contributed by atoms with Crippen LogP contribution in [0.1, 0.15) is 28.8 Å². The first kappa shape index (κ1) is 15.2. The number of piperidine rings is 1. The van der Waals surface area contributed by atoms with Crippen LogP contribution in [-0.2, 0) is 4.79 Å². The number of methoxy groups -OCH3 is 2.